The van der Waals surface area contributed by atoms with Crippen molar-refractivity contribution in [3.05, 3.63) is 53.9 Å². The topological polar surface area (TPSA) is 76.2 Å². The van der Waals surface area contributed by atoms with Gasteiger partial charge in [-0.1, -0.05) is 6.07 Å². The molecule has 6 heteroatoms. The summed E-state index contributed by atoms with van der Waals surface area (Å²) < 4.78 is 11.2. The van der Waals surface area contributed by atoms with Gasteiger partial charge in [0, 0.05) is 12.7 Å². The monoisotopic (exact) mass is 353 g/mol. The van der Waals surface area contributed by atoms with E-state index < -0.39 is 0 Å². The average molecular weight is 353 g/mol. The Balaban J connectivity index is 1.60. The van der Waals surface area contributed by atoms with Gasteiger partial charge in [0.05, 0.1) is 24.2 Å². The Kier molecular flexibility index (Phi) is 5.73. The number of hydrogen-bond donors (Lipinski definition) is 2. The van der Waals surface area contributed by atoms with Crippen LogP contribution in [0.25, 0.3) is 11.0 Å². The molecule has 2 heterocycles. The molecule has 1 amide bonds. The zero-order valence-electron chi connectivity index (χ0n) is 15.0. The molecule has 3 rings (SSSR count). The number of nitrogens with one attached hydrogen (secondary N) is 2. The first-order valence-electron chi connectivity index (χ1n) is 8.81. The minimum Gasteiger partial charge on any atom is -0.490 e. The van der Waals surface area contributed by atoms with Crippen molar-refractivity contribution >= 4 is 16.9 Å². The molecule has 0 atom stereocenters. The van der Waals surface area contributed by atoms with Gasteiger partial charge in [-0.15, -0.1) is 0 Å². The summed E-state index contributed by atoms with van der Waals surface area (Å²) in [5.41, 5.74) is 3.23. The lowest BCUT2D eigenvalue weighted by molar-refractivity contribution is 0.0950. The van der Waals surface area contributed by atoms with Gasteiger partial charge in [0.25, 0.3) is 5.91 Å². The van der Waals surface area contributed by atoms with Gasteiger partial charge >= 0.3 is 0 Å². The van der Waals surface area contributed by atoms with Crippen LogP contribution in [0.4, 0.5) is 0 Å². The number of carbonyl (C=O) groups excluding carboxylic acids is 1. The van der Waals surface area contributed by atoms with E-state index >= 15 is 0 Å². The van der Waals surface area contributed by atoms with E-state index in [1.165, 1.54) is 0 Å². The highest BCUT2D eigenvalue weighted by Crippen LogP contribution is 2.28. The third-order valence-corrected chi connectivity index (χ3v) is 3.94. The number of carbonyl (C=O) groups is 1. The number of nitrogens with zero attached hydrogens (tertiary/aromatic N) is 1. The third-order valence-electron chi connectivity index (χ3n) is 3.94. The molecule has 0 saturated carbocycles. The second-order valence-corrected chi connectivity index (χ2v) is 5.77. The van der Waals surface area contributed by atoms with Crippen LogP contribution in [0.3, 0.4) is 0 Å². The number of fused-ring (bicyclic) bond motifs is 1. The second-order valence-electron chi connectivity index (χ2n) is 5.77. The smallest absolute Gasteiger partial charge is 0.267 e. The predicted molar refractivity (Wildman–Crippen MR) is 101 cm³/mol. The van der Waals surface area contributed by atoms with Crippen LogP contribution in [0.15, 0.2) is 42.6 Å². The molecule has 6 nitrogen and oxygen atoms in total. The van der Waals surface area contributed by atoms with Crippen molar-refractivity contribution in [2.75, 3.05) is 19.8 Å². The molecule has 3 aromatic rings. The summed E-state index contributed by atoms with van der Waals surface area (Å²) in [6.45, 7) is 5.58. The molecular weight excluding hydrogens is 330 g/mol. The zero-order valence-corrected chi connectivity index (χ0v) is 15.0. The number of pyridine rings is 1. The normalized spacial score (nSPS) is 10.7. The number of aromatic amines is 1. The summed E-state index contributed by atoms with van der Waals surface area (Å²) in [5, 5.41) is 2.93. The lowest BCUT2D eigenvalue weighted by atomic mass is 10.1. The Bertz CT molecular complexity index is 856. The number of ether oxygens (including phenoxy) is 2. The highest BCUT2D eigenvalue weighted by atomic mass is 16.5. The van der Waals surface area contributed by atoms with Crippen molar-refractivity contribution in [2.45, 2.75) is 20.3 Å². The molecule has 0 aliphatic carbocycles. The standard InChI is InChI=1S/C20H23N3O3/c1-3-25-18-8-7-14(12-19(18)26-4-2)9-11-22-20(24)17-13-16-15(23-17)6-5-10-21-16/h5-8,10,12-13,23H,3-4,9,11H2,1-2H3,(H,22,24). The molecule has 1 aromatic carbocycles. The van der Waals surface area contributed by atoms with E-state index in [2.05, 4.69) is 15.3 Å². The number of H-pyrrole nitrogens is 1. The van der Waals surface area contributed by atoms with Crippen LogP contribution >= 0.6 is 0 Å². The van der Waals surface area contributed by atoms with Crippen LogP contribution in [0, 0.1) is 0 Å². The summed E-state index contributed by atoms with van der Waals surface area (Å²) in [5.74, 6) is 1.34. The number of aromatic nitrogens is 2. The van der Waals surface area contributed by atoms with E-state index in [-0.39, 0.29) is 5.91 Å². The Labute approximate surface area is 152 Å². The Morgan fingerprint density at radius 1 is 1.12 bits per heavy atom. The number of rotatable bonds is 8. The molecule has 0 radical (unpaired) electrons. The summed E-state index contributed by atoms with van der Waals surface area (Å²) in [4.78, 5) is 19.6. The molecule has 0 saturated heterocycles. The zero-order chi connectivity index (χ0) is 18.4. The molecule has 0 unspecified atom stereocenters. The maximum Gasteiger partial charge on any atom is 0.267 e. The Morgan fingerprint density at radius 3 is 2.69 bits per heavy atom. The molecular formula is C20H23N3O3. The van der Waals surface area contributed by atoms with Crippen LogP contribution in [-0.4, -0.2) is 35.6 Å². The lowest BCUT2D eigenvalue weighted by Gasteiger charge is -2.12. The molecule has 0 bridgehead atoms. The van der Waals surface area contributed by atoms with Gasteiger partial charge in [0.1, 0.15) is 5.69 Å². The van der Waals surface area contributed by atoms with Crippen molar-refractivity contribution in [1.29, 1.82) is 0 Å². The van der Waals surface area contributed by atoms with Crippen LogP contribution in [0.5, 0.6) is 11.5 Å². The molecule has 2 aromatic heterocycles. The molecule has 136 valence electrons. The van der Waals surface area contributed by atoms with Gasteiger partial charge in [-0.3, -0.25) is 9.78 Å². The Morgan fingerprint density at radius 2 is 1.92 bits per heavy atom. The SMILES string of the molecule is CCOc1ccc(CCNC(=O)c2cc3ncccc3[nH]2)cc1OCC. The first-order valence-corrected chi connectivity index (χ1v) is 8.81. The highest BCUT2D eigenvalue weighted by molar-refractivity contribution is 5.97. The predicted octanol–water partition coefficient (Wildman–Crippen LogP) is 3.33. The van der Waals surface area contributed by atoms with Gasteiger partial charge in [-0.2, -0.15) is 0 Å². The van der Waals surface area contributed by atoms with E-state index in [0.29, 0.717) is 31.9 Å². The maximum atomic E-state index is 12.3. The van der Waals surface area contributed by atoms with Crippen molar-refractivity contribution < 1.29 is 14.3 Å². The lowest BCUT2D eigenvalue weighted by Crippen LogP contribution is -2.25. The van der Waals surface area contributed by atoms with Crippen molar-refractivity contribution in [1.82, 2.24) is 15.3 Å². The maximum absolute atomic E-state index is 12.3. The fourth-order valence-electron chi connectivity index (χ4n) is 2.75. The van der Waals surface area contributed by atoms with Gasteiger partial charge in [0.15, 0.2) is 11.5 Å². The summed E-state index contributed by atoms with van der Waals surface area (Å²) in [6.07, 6.45) is 2.41. The van der Waals surface area contributed by atoms with Crippen LogP contribution in [-0.2, 0) is 6.42 Å². The largest absolute Gasteiger partial charge is 0.490 e. The van der Waals surface area contributed by atoms with Crippen LogP contribution in [0.2, 0.25) is 0 Å². The van der Waals surface area contributed by atoms with Crippen LogP contribution < -0.4 is 14.8 Å². The summed E-state index contributed by atoms with van der Waals surface area (Å²) >= 11 is 0. The first-order chi connectivity index (χ1) is 12.7. The number of amides is 1. The number of hydrogen-bond acceptors (Lipinski definition) is 4. The van der Waals surface area contributed by atoms with E-state index in [0.717, 1.165) is 28.1 Å². The van der Waals surface area contributed by atoms with Gasteiger partial charge in [-0.25, -0.2) is 0 Å². The van der Waals surface area contributed by atoms with E-state index in [1.54, 1.807) is 12.3 Å². The number of benzene rings is 1. The first kappa shape index (κ1) is 17.8. The molecule has 26 heavy (non-hydrogen) atoms. The fraction of sp³-hybridized carbons (Fsp3) is 0.300. The minimum absolute atomic E-state index is 0.140. The molecule has 0 spiro atoms. The average Bonchev–Trinajstić information content (AvgIpc) is 3.08. The molecule has 0 fully saturated rings. The van der Waals surface area contributed by atoms with Crippen molar-refractivity contribution in [2.24, 2.45) is 0 Å². The van der Waals surface area contributed by atoms with Crippen LogP contribution in [0.1, 0.15) is 29.9 Å². The Hall–Kier alpha value is -3.02. The molecule has 0 aliphatic heterocycles. The third kappa shape index (κ3) is 4.14. The van der Waals surface area contributed by atoms with Crippen molar-refractivity contribution in [3.8, 4) is 11.5 Å². The van der Waals surface area contributed by atoms with Gasteiger partial charge < -0.3 is 19.8 Å². The van der Waals surface area contributed by atoms with E-state index in [9.17, 15) is 4.79 Å². The van der Waals surface area contributed by atoms with E-state index in [1.807, 2.05) is 44.2 Å². The van der Waals surface area contributed by atoms with Gasteiger partial charge in [-0.05, 0) is 56.2 Å². The quantitative estimate of drug-likeness (QED) is 0.651. The summed E-state index contributed by atoms with van der Waals surface area (Å²) in [6, 6.07) is 11.4. The van der Waals surface area contributed by atoms with Gasteiger partial charge in [0.2, 0.25) is 0 Å². The minimum atomic E-state index is -0.140. The molecule has 0 aliphatic rings. The second kappa shape index (κ2) is 8.38. The highest BCUT2D eigenvalue weighted by Gasteiger charge is 2.10. The summed E-state index contributed by atoms with van der Waals surface area (Å²) in [7, 11) is 0. The van der Waals surface area contributed by atoms with E-state index in [4.69, 9.17) is 9.47 Å². The fourth-order valence-corrected chi connectivity index (χ4v) is 2.75. The molecule has 2 N–H and O–H groups in total. The van der Waals surface area contributed by atoms with Crippen molar-refractivity contribution in [3.63, 3.8) is 0 Å².